The van der Waals surface area contributed by atoms with Crippen molar-refractivity contribution in [2.24, 2.45) is 0 Å². The van der Waals surface area contributed by atoms with E-state index in [-0.39, 0.29) is 6.61 Å². The fourth-order valence-electron chi connectivity index (χ4n) is 1.47. The maximum atomic E-state index is 9.21. The van der Waals surface area contributed by atoms with Crippen molar-refractivity contribution in [1.29, 1.82) is 0 Å². The summed E-state index contributed by atoms with van der Waals surface area (Å²) in [6.07, 6.45) is -0.704. The van der Waals surface area contributed by atoms with E-state index in [1.165, 1.54) is 17.3 Å². The average Bonchev–Trinajstić information content (AvgIpc) is 2.88. The molecule has 0 aliphatic heterocycles. The van der Waals surface area contributed by atoms with Crippen molar-refractivity contribution in [3.05, 3.63) is 35.7 Å². The number of hydrogen-bond acceptors (Lipinski definition) is 6. The molecule has 1 atom stereocenters. The van der Waals surface area contributed by atoms with E-state index >= 15 is 0 Å². The van der Waals surface area contributed by atoms with Crippen LogP contribution in [0, 0.1) is 6.92 Å². The Morgan fingerprint density at radius 1 is 1.32 bits per heavy atom. The van der Waals surface area contributed by atoms with Crippen LogP contribution in [0.25, 0.3) is 11.4 Å². The van der Waals surface area contributed by atoms with Gasteiger partial charge in [-0.05, 0) is 6.92 Å². The molecule has 102 valence electrons. The Kier molecular flexibility index (Phi) is 4.95. The van der Waals surface area contributed by atoms with Crippen molar-refractivity contribution in [3.8, 4) is 11.4 Å². The molecule has 0 aliphatic rings. The van der Waals surface area contributed by atoms with Gasteiger partial charge in [0.05, 0.1) is 18.5 Å². The van der Waals surface area contributed by atoms with E-state index in [4.69, 9.17) is 9.63 Å². The summed E-state index contributed by atoms with van der Waals surface area (Å²) in [4.78, 5) is 4.29. The normalized spacial score (nSPS) is 12.6. The summed E-state index contributed by atoms with van der Waals surface area (Å²) in [5.74, 6) is 2.05. The summed E-state index contributed by atoms with van der Waals surface area (Å²) in [5, 5.41) is 21.8. The van der Waals surface area contributed by atoms with Gasteiger partial charge in [0, 0.05) is 11.3 Å². The molecule has 2 aromatic rings. The van der Waals surface area contributed by atoms with Gasteiger partial charge in [-0.1, -0.05) is 35.0 Å². The second kappa shape index (κ2) is 6.70. The van der Waals surface area contributed by atoms with Gasteiger partial charge in [-0.25, -0.2) is 0 Å². The minimum Gasteiger partial charge on any atom is -0.394 e. The third-order valence-electron chi connectivity index (χ3n) is 2.52. The van der Waals surface area contributed by atoms with E-state index in [9.17, 15) is 5.11 Å². The number of aliphatic hydroxyl groups excluding tert-OH is 2. The highest BCUT2D eigenvalue weighted by molar-refractivity contribution is 7.98. The Morgan fingerprint density at radius 3 is 2.74 bits per heavy atom. The summed E-state index contributed by atoms with van der Waals surface area (Å²) in [6, 6.07) is 7.90. The molecule has 0 radical (unpaired) electrons. The summed E-state index contributed by atoms with van der Waals surface area (Å²) in [5.41, 5.74) is 2.10. The number of nitrogens with zero attached hydrogens (tertiary/aromatic N) is 2. The number of aliphatic hydroxyl groups is 2. The molecule has 19 heavy (non-hydrogen) atoms. The third kappa shape index (κ3) is 4.05. The Morgan fingerprint density at radius 2 is 2.05 bits per heavy atom. The summed E-state index contributed by atoms with van der Waals surface area (Å²) in [7, 11) is 0. The van der Waals surface area contributed by atoms with Crippen LogP contribution in [0.2, 0.25) is 0 Å². The molecule has 0 bridgehead atoms. The minimum absolute atomic E-state index is 0.231. The fraction of sp³-hybridized carbons (Fsp3) is 0.385. The predicted octanol–water partition coefficient (Wildman–Crippen LogP) is 1.63. The van der Waals surface area contributed by atoms with Crippen LogP contribution >= 0.6 is 11.8 Å². The SMILES string of the molecule is Cc1ccc(-c2noc(CSCC(O)CO)n2)cc1. The van der Waals surface area contributed by atoms with Crippen molar-refractivity contribution in [1.82, 2.24) is 10.1 Å². The zero-order valence-electron chi connectivity index (χ0n) is 10.6. The van der Waals surface area contributed by atoms with Gasteiger partial charge in [-0.3, -0.25) is 0 Å². The lowest BCUT2D eigenvalue weighted by Crippen LogP contribution is -2.14. The zero-order chi connectivity index (χ0) is 13.7. The number of aromatic nitrogens is 2. The van der Waals surface area contributed by atoms with E-state index in [2.05, 4.69) is 10.1 Å². The van der Waals surface area contributed by atoms with Crippen LogP contribution in [0.15, 0.2) is 28.8 Å². The molecule has 0 fully saturated rings. The Hall–Kier alpha value is -1.37. The first-order valence-corrected chi connectivity index (χ1v) is 7.11. The monoisotopic (exact) mass is 280 g/mol. The van der Waals surface area contributed by atoms with Crippen molar-refractivity contribution >= 4 is 11.8 Å². The van der Waals surface area contributed by atoms with Crippen molar-refractivity contribution in [2.75, 3.05) is 12.4 Å². The van der Waals surface area contributed by atoms with E-state index in [1.807, 2.05) is 31.2 Å². The molecule has 1 aromatic carbocycles. The topological polar surface area (TPSA) is 79.4 Å². The Labute approximate surface area is 115 Å². The van der Waals surface area contributed by atoms with Crippen LogP contribution in [-0.4, -0.2) is 38.8 Å². The van der Waals surface area contributed by atoms with Crippen LogP contribution in [0.5, 0.6) is 0 Å². The van der Waals surface area contributed by atoms with Crippen LogP contribution in [0.4, 0.5) is 0 Å². The summed E-state index contributed by atoms with van der Waals surface area (Å²) in [6.45, 7) is 1.79. The van der Waals surface area contributed by atoms with E-state index in [0.717, 1.165) is 5.56 Å². The van der Waals surface area contributed by atoms with Gasteiger partial charge in [-0.15, -0.1) is 11.8 Å². The standard InChI is InChI=1S/C13H16N2O3S/c1-9-2-4-10(5-3-9)13-14-12(18-15-13)8-19-7-11(17)6-16/h2-5,11,16-17H,6-8H2,1H3. The first-order valence-electron chi connectivity index (χ1n) is 5.95. The van der Waals surface area contributed by atoms with Gasteiger partial charge in [0.25, 0.3) is 0 Å². The first kappa shape index (κ1) is 14.0. The molecule has 0 aliphatic carbocycles. The predicted molar refractivity (Wildman–Crippen MR) is 73.7 cm³/mol. The molecule has 0 spiro atoms. The lowest BCUT2D eigenvalue weighted by atomic mass is 10.1. The van der Waals surface area contributed by atoms with E-state index in [1.54, 1.807) is 0 Å². The Balaban J connectivity index is 1.93. The molecule has 5 nitrogen and oxygen atoms in total. The average molecular weight is 280 g/mol. The van der Waals surface area contributed by atoms with Crippen LogP contribution < -0.4 is 0 Å². The number of hydrogen-bond donors (Lipinski definition) is 2. The molecule has 0 saturated heterocycles. The summed E-state index contributed by atoms with van der Waals surface area (Å²) >= 11 is 1.44. The third-order valence-corrected chi connectivity index (χ3v) is 3.60. The molecular weight excluding hydrogens is 264 g/mol. The number of benzene rings is 1. The van der Waals surface area contributed by atoms with Crippen molar-refractivity contribution in [3.63, 3.8) is 0 Å². The van der Waals surface area contributed by atoms with Gasteiger partial charge in [-0.2, -0.15) is 4.98 Å². The molecule has 0 amide bonds. The highest BCUT2D eigenvalue weighted by Crippen LogP contribution is 2.18. The second-order valence-electron chi connectivity index (χ2n) is 4.23. The highest BCUT2D eigenvalue weighted by atomic mass is 32.2. The molecule has 2 rings (SSSR count). The maximum Gasteiger partial charge on any atom is 0.236 e. The van der Waals surface area contributed by atoms with Crippen LogP contribution in [0.3, 0.4) is 0 Å². The number of aryl methyl sites for hydroxylation is 1. The van der Waals surface area contributed by atoms with Crippen LogP contribution in [0.1, 0.15) is 11.5 Å². The molecule has 1 aromatic heterocycles. The second-order valence-corrected chi connectivity index (χ2v) is 5.26. The first-order chi connectivity index (χ1) is 9.19. The molecule has 1 unspecified atom stereocenters. The fourth-order valence-corrected chi connectivity index (χ4v) is 2.26. The van der Waals surface area contributed by atoms with Gasteiger partial charge in [0.1, 0.15) is 0 Å². The lowest BCUT2D eigenvalue weighted by molar-refractivity contribution is 0.113. The lowest BCUT2D eigenvalue weighted by Gasteiger charge is -2.03. The molecule has 2 N–H and O–H groups in total. The smallest absolute Gasteiger partial charge is 0.236 e. The summed E-state index contributed by atoms with van der Waals surface area (Å²) < 4.78 is 5.14. The molecule has 6 heteroatoms. The zero-order valence-corrected chi connectivity index (χ0v) is 11.4. The molecular formula is C13H16N2O3S. The van der Waals surface area contributed by atoms with Gasteiger partial charge in [0.15, 0.2) is 0 Å². The number of rotatable bonds is 6. The van der Waals surface area contributed by atoms with Crippen molar-refractivity contribution in [2.45, 2.75) is 18.8 Å². The van der Waals surface area contributed by atoms with Gasteiger partial charge >= 0.3 is 0 Å². The molecule has 1 heterocycles. The minimum atomic E-state index is -0.704. The van der Waals surface area contributed by atoms with E-state index < -0.39 is 6.10 Å². The maximum absolute atomic E-state index is 9.21. The molecule has 0 saturated carbocycles. The highest BCUT2D eigenvalue weighted by Gasteiger charge is 2.09. The van der Waals surface area contributed by atoms with E-state index in [0.29, 0.717) is 23.2 Å². The van der Waals surface area contributed by atoms with Crippen LogP contribution in [-0.2, 0) is 5.75 Å². The Bertz CT molecular complexity index is 513. The van der Waals surface area contributed by atoms with Gasteiger partial charge < -0.3 is 14.7 Å². The van der Waals surface area contributed by atoms with Crippen molar-refractivity contribution < 1.29 is 14.7 Å². The largest absolute Gasteiger partial charge is 0.394 e. The quantitative estimate of drug-likeness (QED) is 0.837. The van der Waals surface area contributed by atoms with Gasteiger partial charge in [0.2, 0.25) is 11.7 Å². The number of thioether (sulfide) groups is 1.